The van der Waals surface area contributed by atoms with Crippen LogP contribution in [0.3, 0.4) is 0 Å². The van der Waals surface area contributed by atoms with Gasteiger partial charge in [-0.2, -0.15) is 0 Å². The molecule has 0 aromatic heterocycles. The van der Waals surface area contributed by atoms with Crippen LogP contribution in [0, 0.1) is 13.8 Å². The minimum Gasteiger partial charge on any atom is -0.494 e. The first-order valence-corrected chi connectivity index (χ1v) is 12.1. The monoisotopic (exact) mass is 468 g/mol. The predicted octanol–water partition coefficient (Wildman–Crippen LogP) is 5.15. The van der Waals surface area contributed by atoms with Crippen molar-refractivity contribution < 1.29 is 22.7 Å². The maximum absolute atomic E-state index is 12.8. The first-order chi connectivity index (χ1) is 15.7. The molecule has 0 aliphatic rings. The van der Waals surface area contributed by atoms with Gasteiger partial charge in [0.05, 0.1) is 23.8 Å². The highest BCUT2D eigenvalue weighted by molar-refractivity contribution is 7.92. The first kappa shape index (κ1) is 24.1. The van der Waals surface area contributed by atoms with Crippen LogP contribution in [0.25, 0.3) is 0 Å². The maximum Gasteiger partial charge on any atom is 0.261 e. The van der Waals surface area contributed by atoms with Crippen molar-refractivity contribution >= 4 is 27.3 Å². The smallest absolute Gasteiger partial charge is 0.261 e. The Bertz CT molecular complexity index is 1240. The largest absolute Gasteiger partial charge is 0.494 e. The molecule has 1 amide bonds. The second-order valence-corrected chi connectivity index (χ2v) is 9.09. The first-order valence-electron chi connectivity index (χ1n) is 10.6. The van der Waals surface area contributed by atoms with E-state index in [2.05, 4.69) is 10.0 Å². The summed E-state index contributed by atoms with van der Waals surface area (Å²) in [5, 5.41) is 2.83. The fourth-order valence-electron chi connectivity index (χ4n) is 3.12. The van der Waals surface area contributed by atoms with E-state index in [0.717, 1.165) is 11.1 Å². The third-order valence-electron chi connectivity index (χ3n) is 5.00. The quantitative estimate of drug-likeness (QED) is 0.453. The summed E-state index contributed by atoms with van der Waals surface area (Å²) in [4.78, 5) is 13.0. The lowest BCUT2D eigenvalue weighted by Gasteiger charge is -2.14. The summed E-state index contributed by atoms with van der Waals surface area (Å²) in [5.41, 5.74) is 3.13. The zero-order chi connectivity index (χ0) is 24.0. The molecule has 0 unspecified atom stereocenters. The van der Waals surface area contributed by atoms with E-state index in [4.69, 9.17) is 9.47 Å². The fourth-order valence-corrected chi connectivity index (χ4v) is 4.27. The van der Waals surface area contributed by atoms with Gasteiger partial charge in [-0.3, -0.25) is 9.52 Å². The molecule has 174 valence electrons. The van der Waals surface area contributed by atoms with Crippen molar-refractivity contribution in [2.75, 3.05) is 23.3 Å². The third-order valence-corrected chi connectivity index (χ3v) is 6.38. The molecule has 33 heavy (non-hydrogen) atoms. The number of carbonyl (C=O) groups excluding carboxylic acids is 1. The second-order valence-electron chi connectivity index (χ2n) is 7.41. The molecule has 0 atom stereocenters. The van der Waals surface area contributed by atoms with Crippen molar-refractivity contribution in [2.24, 2.45) is 0 Å². The molecule has 0 bridgehead atoms. The van der Waals surface area contributed by atoms with E-state index in [1.54, 1.807) is 60.7 Å². The standard InChI is InChI=1S/C25H28N2O5S/c1-5-31-21-12-14-24(32-6-2)23(16-21)26-25(28)19-8-10-20(11-9-19)27-33(29,30)22-13-7-17(3)18(4)15-22/h7-16,27H,5-6H2,1-4H3,(H,26,28). The Morgan fingerprint density at radius 2 is 1.55 bits per heavy atom. The molecule has 0 aliphatic carbocycles. The Hall–Kier alpha value is -3.52. The lowest BCUT2D eigenvalue weighted by atomic mass is 10.1. The molecule has 0 fully saturated rings. The topological polar surface area (TPSA) is 93.7 Å². The zero-order valence-electron chi connectivity index (χ0n) is 19.1. The fraction of sp³-hybridized carbons (Fsp3) is 0.240. The van der Waals surface area contributed by atoms with Gasteiger partial charge < -0.3 is 14.8 Å². The van der Waals surface area contributed by atoms with Gasteiger partial charge in [0.15, 0.2) is 0 Å². The number of rotatable bonds is 9. The lowest BCUT2D eigenvalue weighted by Crippen LogP contribution is -2.15. The number of ether oxygens (including phenoxy) is 2. The highest BCUT2D eigenvalue weighted by Gasteiger charge is 2.16. The van der Waals surface area contributed by atoms with Gasteiger partial charge in [0.2, 0.25) is 0 Å². The van der Waals surface area contributed by atoms with Crippen molar-refractivity contribution in [3.8, 4) is 11.5 Å². The van der Waals surface area contributed by atoms with Crippen molar-refractivity contribution in [3.63, 3.8) is 0 Å². The van der Waals surface area contributed by atoms with Crippen LogP contribution in [0.5, 0.6) is 11.5 Å². The number of hydrogen-bond acceptors (Lipinski definition) is 5. The summed E-state index contributed by atoms with van der Waals surface area (Å²) in [7, 11) is -3.74. The highest BCUT2D eigenvalue weighted by atomic mass is 32.2. The van der Waals surface area contributed by atoms with Crippen LogP contribution in [0.15, 0.2) is 65.6 Å². The van der Waals surface area contributed by atoms with Gasteiger partial charge in [-0.15, -0.1) is 0 Å². The molecular formula is C25H28N2O5S. The molecule has 8 heteroatoms. The molecular weight excluding hydrogens is 440 g/mol. The van der Waals surface area contributed by atoms with Crippen LogP contribution >= 0.6 is 0 Å². The van der Waals surface area contributed by atoms with Crippen molar-refractivity contribution in [1.29, 1.82) is 0 Å². The summed E-state index contributed by atoms with van der Waals surface area (Å²) in [6.45, 7) is 8.48. The van der Waals surface area contributed by atoms with Gasteiger partial charge in [0.25, 0.3) is 15.9 Å². The third kappa shape index (κ3) is 6.04. The SMILES string of the molecule is CCOc1ccc(OCC)c(NC(=O)c2ccc(NS(=O)(=O)c3ccc(C)c(C)c3)cc2)c1. The number of nitrogens with one attached hydrogen (secondary N) is 2. The molecule has 2 N–H and O–H groups in total. The van der Waals surface area contributed by atoms with Gasteiger partial charge in [-0.1, -0.05) is 6.07 Å². The molecule has 7 nitrogen and oxygen atoms in total. The Morgan fingerprint density at radius 1 is 0.848 bits per heavy atom. The molecule has 3 aromatic rings. The lowest BCUT2D eigenvalue weighted by molar-refractivity contribution is 0.102. The summed E-state index contributed by atoms with van der Waals surface area (Å²) in [5.74, 6) is 0.799. The van der Waals surface area contributed by atoms with Gasteiger partial charge >= 0.3 is 0 Å². The van der Waals surface area contributed by atoms with Gasteiger partial charge in [0, 0.05) is 17.3 Å². The normalized spacial score (nSPS) is 11.0. The molecule has 0 heterocycles. The molecule has 3 aromatic carbocycles. The summed E-state index contributed by atoms with van der Waals surface area (Å²) >= 11 is 0. The van der Waals surface area contributed by atoms with Crippen molar-refractivity contribution in [3.05, 3.63) is 77.4 Å². The molecule has 0 spiro atoms. The average molecular weight is 469 g/mol. The number of sulfonamides is 1. The molecule has 0 saturated heterocycles. The van der Waals surface area contributed by atoms with Gasteiger partial charge in [0.1, 0.15) is 11.5 Å². The number of amides is 1. The second kappa shape index (κ2) is 10.4. The molecule has 3 rings (SSSR count). The average Bonchev–Trinajstić information content (AvgIpc) is 2.78. The van der Waals surface area contributed by atoms with E-state index < -0.39 is 10.0 Å². The van der Waals surface area contributed by atoms with Crippen LogP contribution in [-0.2, 0) is 10.0 Å². The van der Waals surface area contributed by atoms with Crippen LogP contribution in [0.2, 0.25) is 0 Å². The van der Waals surface area contributed by atoms with Crippen LogP contribution in [0.1, 0.15) is 35.3 Å². The number of anilines is 2. The summed E-state index contributed by atoms with van der Waals surface area (Å²) in [6, 6.07) is 16.4. The number of hydrogen-bond donors (Lipinski definition) is 2. The number of carbonyl (C=O) groups is 1. The minimum absolute atomic E-state index is 0.185. The highest BCUT2D eigenvalue weighted by Crippen LogP contribution is 2.30. The van der Waals surface area contributed by atoms with Crippen molar-refractivity contribution in [2.45, 2.75) is 32.6 Å². The van der Waals surface area contributed by atoms with Gasteiger partial charge in [-0.25, -0.2) is 8.42 Å². The Balaban J connectivity index is 1.75. The van der Waals surface area contributed by atoms with E-state index in [1.807, 2.05) is 27.7 Å². The zero-order valence-corrected chi connectivity index (χ0v) is 20.0. The van der Waals surface area contributed by atoms with E-state index >= 15 is 0 Å². The van der Waals surface area contributed by atoms with Crippen molar-refractivity contribution in [1.82, 2.24) is 0 Å². The molecule has 0 radical (unpaired) electrons. The predicted molar refractivity (Wildman–Crippen MR) is 130 cm³/mol. The summed E-state index contributed by atoms with van der Waals surface area (Å²) in [6.07, 6.45) is 0. The van der Waals surface area contributed by atoms with Crippen LogP contribution in [-0.4, -0.2) is 27.5 Å². The van der Waals surface area contributed by atoms with Gasteiger partial charge in [-0.05, 0) is 87.4 Å². The Kier molecular flexibility index (Phi) is 7.60. The molecule has 0 aliphatic heterocycles. The van der Waals surface area contributed by atoms with E-state index in [9.17, 15) is 13.2 Å². The summed E-state index contributed by atoms with van der Waals surface area (Å²) < 4.78 is 39.0. The Morgan fingerprint density at radius 3 is 2.18 bits per heavy atom. The minimum atomic E-state index is -3.74. The molecule has 0 saturated carbocycles. The Labute approximate surface area is 194 Å². The number of benzene rings is 3. The maximum atomic E-state index is 12.8. The van der Waals surface area contributed by atoms with Crippen LogP contribution in [0.4, 0.5) is 11.4 Å². The number of aryl methyl sites for hydroxylation is 2. The van der Waals surface area contributed by atoms with E-state index in [-0.39, 0.29) is 10.8 Å². The van der Waals surface area contributed by atoms with E-state index in [1.165, 1.54) is 0 Å². The van der Waals surface area contributed by atoms with E-state index in [0.29, 0.717) is 41.7 Å². The van der Waals surface area contributed by atoms with Crippen LogP contribution < -0.4 is 19.5 Å².